The van der Waals surface area contributed by atoms with Gasteiger partial charge in [0, 0.05) is 10.8 Å². The molecule has 0 N–H and O–H groups in total. The standard InChI is InChI=1S/C10H18O5S2/c1-3-16(11,12)9-5-7-15-8-6-10-17(13,14)4-2/h5-6,9-10H,3-4,7-8H2,1-2H3. The summed E-state index contributed by atoms with van der Waals surface area (Å²) in [4.78, 5) is 0. The van der Waals surface area contributed by atoms with Crippen LogP contribution in [0.4, 0.5) is 0 Å². The molecule has 0 bridgehead atoms. The zero-order chi connectivity index (χ0) is 13.4. The minimum Gasteiger partial charge on any atom is -0.373 e. The van der Waals surface area contributed by atoms with Gasteiger partial charge in [-0.2, -0.15) is 0 Å². The third kappa shape index (κ3) is 9.08. The number of rotatable bonds is 8. The average Bonchev–Trinajstić information content (AvgIpc) is 2.27. The molecule has 0 aliphatic heterocycles. The van der Waals surface area contributed by atoms with E-state index in [-0.39, 0.29) is 24.7 Å². The molecule has 0 unspecified atom stereocenters. The van der Waals surface area contributed by atoms with Crippen molar-refractivity contribution >= 4 is 19.7 Å². The predicted molar refractivity (Wildman–Crippen MR) is 68.0 cm³/mol. The number of ether oxygens (including phenoxy) is 1. The third-order valence-electron chi connectivity index (χ3n) is 1.84. The lowest BCUT2D eigenvalue weighted by Crippen LogP contribution is -2.00. The second-order valence-corrected chi connectivity index (χ2v) is 7.53. The monoisotopic (exact) mass is 282 g/mol. The molecule has 17 heavy (non-hydrogen) atoms. The normalized spacial score (nSPS) is 13.8. The van der Waals surface area contributed by atoms with Gasteiger partial charge in [0.1, 0.15) is 0 Å². The Hall–Kier alpha value is -0.660. The SMILES string of the molecule is CCS(=O)(=O)C=CCOCC=CS(=O)(=O)CC. The summed E-state index contributed by atoms with van der Waals surface area (Å²) in [7, 11) is -6.23. The Kier molecular flexibility index (Phi) is 7.33. The van der Waals surface area contributed by atoms with Crippen molar-refractivity contribution in [2.75, 3.05) is 24.7 Å². The van der Waals surface area contributed by atoms with Crippen LogP contribution in [0.15, 0.2) is 23.0 Å². The molecular formula is C10H18O5S2. The first-order chi connectivity index (χ1) is 7.83. The highest BCUT2D eigenvalue weighted by Gasteiger charge is 2.00. The van der Waals surface area contributed by atoms with Crippen molar-refractivity contribution in [3.8, 4) is 0 Å². The van der Waals surface area contributed by atoms with Crippen LogP contribution in [0.1, 0.15) is 13.8 Å². The Bertz CT molecular complexity index is 413. The lowest BCUT2D eigenvalue weighted by Gasteiger charge is -1.96. The topological polar surface area (TPSA) is 77.5 Å². The quantitative estimate of drug-likeness (QED) is 0.618. The Balaban J connectivity index is 3.89. The van der Waals surface area contributed by atoms with E-state index in [0.29, 0.717) is 0 Å². The minimum atomic E-state index is -3.11. The van der Waals surface area contributed by atoms with Crippen LogP contribution in [0.25, 0.3) is 0 Å². The van der Waals surface area contributed by atoms with Crippen molar-refractivity contribution in [2.45, 2.75) is 13.8 Å². The first kappa shape index (κ1) is 16.3. The van der Waals surface area contributed by atoms with Crippen molar-refractivity contribution in [1.82, 2.24) is 0 Å². The Morgan fingerprint density at radius 2 is 1.18 bits per heavy atom. The van der Waals surface area contributed by atoms with Crippen LogP contribution in [0.2, 0.25) is 0 Å². The second-order valence-electron chi connectivity index (χ2n) is 3.18. The molecule has 0 fully saturated rings. The van der Waals surface area contributed by atoms with Crippen LogP contribution < -0.4 is 0 Å². The molecule has 0 aliphatic carbocycles. The molecule has 0 aliphatic rings. The van der Waals surface area contributed by atoms with Crippen molar-refractivity contribution in [3.63, 3.8) is 0 Å². The molecular weight excluding hydrogens is 264 g/mol. The summed E-state index contributed by atoms with van der Waals surface area (Å²) in [6.07, 6.45) is 2.78. The van der Waals surface area contributed by atoms with Gasteiger partial charge in [0.15, 0.2) is 19.7 Å². The highest BCUT2D eigenvalue weighted by atomic mass is 32.2. The Morgan fingerprint density at radius 3 is 1.47 bits per heavy atom. The average molecular weight is 282 g/mol. The van der Waals surface area contributed by atoms with Crippen molar-refractivity contribution < 1.29 is 21.6 Å². The molecule has 0 aromatic heterocycles. The van der Waals surface area contributed by atoms with Gasteiger partial charge in [0.05, 0.1) is 24.7 Å². The molecule has 0 amide bonds. The predicted octanol–water partition coefficient (Wildman–Crippen LogP) is 0.900. The van der Waals surface area contributed by atoms with Gasteiger partial charge in [-0.15, -0.1) is 0 Å². The summed E-state index contributed by atoms with van der Waals surface area (Å²) in [5.41, 5.74) is 0. The van der Waals surface area contributed by atoms with Crippen molar-refractivity contribution in [1.29, 1.82) is 0 Å². The summed E-state index contributed by atoms with van der Waals surface area (Å²) in [6.45, 7) is 3.38. The Labute approximate surface area is 103 Å². The van der Waals surface area contributed by atoms with E-state index in [9.17, 15) is 16.8 Å². The molecule has 7 heteroatoms. The van der Waals surface area contributed by atoms with Crippen molar-refractivity contribution in [2.24, 2.45) is 0 Å². The molecule has 0 aromatic carbocycles. The van der Waals surface area contributed by atoms with E-state index < -0.39 is 19.7 Å². The number of hydrogen-bond acceptors (Lipinski definition) is 5. The fourth-order valence-electron chi connectivity index (χ4n) is 0.768. The van der Waals surface area contributed by atoms with E-state index in [4.69, 9.17) is 4.74 Å². The van der Waals surface area contributed by atoms with Crippen LogP contribution >= 0.6 is 0 Å². The molecule has 0 aromatic rings. The zero-order valence-corrected chi connectivity index (χ0v) is 11.6. The van der Waals surface area contributed by atoms with Gasteiger partial charge < -0.3 is 4.74 Å². The lowest BCUT2D eigenvalue weighted by molar-refractivity contribution is 0.194. The second kappa shape index (κ2) is 7.62. The minimum absolute atomic E-state index is 0.0537. The molecule has 0 heterocycles. The van der Waals surface area contributed by atoms with E-state index >= 15 is 0 Å². The largest absolute Gasteiger partial charge is 0.373 e. The molecule has 100 valence electrons. The molecule has 0 saturated heterocycles. The molecule has 0 spiro atoms. The maximum atomic E-state index is 11.0. The van der Waals surface area contributed by atoms with Gasteiger partial charge in [-0.05, 0) is 12.2 Å². The van der Waals surface area contributed by atoms with Crippen LogP contribution in [0, 0.1) is 0 Å². The summed E-state index contributed by atoms with van der Waals surface area (Å²) in [6, 6.07) is 0. The van der Waals surface area contributed by atoms with Gasteiger partial charge in [0.25, 0.3) is 0 Å². The van der Waals surface area contributed by atoms with Crippen LogP contribution in [0.5, 0.6) is 0 Å². The van der Waals surface area contributed by atoms with Crippen LogP contribution in [0.3, 0.4) is 0 Å². The van der Waals surface area contributed by atoms with Crippen LogP contribution in [-0.2, 0) is 24.4 Å². The maximum Gasteiger partial charge on any atom is 0.171 e. The summed E-state index contributed by atoms with van der Waals surface area (Å²) in [5.74, 6) is 0.107. The number of sulfone groups is 2. The lowest BCUT2D eigenvalue weighted by atomic mass is 10.6. The fourth-order valence-corrected chi connectivity index (χ4v) is 1.90. The fraction of sp³-hybridized carbons (Fsp3) is 0.600. The summed E-state index contributed by atoms with van der Waals surface area (Å²) >= 11 is 0. The molecule has 0 rings (SSSR count). The Morgan fingerprint density at radius 1 is 0.824 bits per heavy atom. The highest BCUT2D eigenvalue weighted by molar-refractivity contribution is 7.94. The van der Waals surface area contributed by atoms with E-state index in [1.54, 1.807) is 13.8 Å². The van der Waals surface area contributed by atoms with Gasteiger partial charge in [0.2, 0.25) is 0 Å². The molecule has 0 radical (unpaired) electrons. The summed E-state index contributed by atoms with van der Waals surface area (Å²) < 4.78 is 49.1. The number of hydrogen-bond donors (Lipinski definition) is 0. The zero-order valence-electron chi connectivity index (χ0n) is 10.00. The smallest absolute Gasteiger partial charge is 0.171 e. The van der Waals surface area contributed by atoms with Crippen LogP contribution in [-0.4, -0.2) is 41.6 Å². The van der Waals surface area contributed by atoms with Crippen molar-refractivity contribution in [3.05, 3.63) is 23.0 Å². The van der Waals surface area contributed by atoms with Gasteiger partial charge in [-0.3, -0.25) is 0 Å². The first-order valence-corrected chi connectivity index (χ1v) is 8.62. The molecule has 0 atom stereocenters. The molecule has 0 saturated carbocycles. The first-order valence-electron chi connectivity index (χ1n) is 5.19. The van der Waals surface area contributed by atoms with E-state index in [1.807, 2.05) is 0 Å². The van der Waals surface area contributed by atoms with Gasteiger partial charge in [-0.25, -0.2) is 16.8 Å². The molecule has 5 nitrogen and oxygen atoms in total. The summed E-state index contributed by atoms with van der Waals surface area (Å²) in [5, 5.41) is 2.19. The van der Waals surface area contributed by atoms with Gasteiger partial charge >= 0.3 is 0 Å². The maximum absolute atomic E-state index is 11.0. The van der Waals surface area contributed by atoms with Gasteiger partial charge in [-0.1, -0.05) is 13.8 Å². The third-order valence-corrected chi connectivity index (χ3v) is 4.66. The van der Waals surface area contributed by atoms with E-state index in [0.717, 1.165) is 10.8 Å². The van der Waals surface area contributed by atoms with E-state index in [1.165, 1.54) is 12.2 Å². The highest BCUT2D eigenvalue weighted by Crippen LogP contribution is 1.93. The van der Waals surface area contributed by atoms with E-state index in [2.05, 4.69) is 0 Å².